The van der Waals surface area contributed by atoms with Crippen molar-refractivity contribution in [2.45, 2.75) is 31.0 Å². The molecule has 1 aromatic rings. The van der Waals surface area contributed by atoms with Crippen molar-refractivity contribution in [3.63, 3.8) is 0 Å². The molecule has 0 radical (unpaired) electrons. The van der Waals surface area contributed by atoms with Crippen LogP contribution in [0.2, 0.25) is 0 Å². The quantitative estimate of drug-likeness (QED) is 0.844. The topological polar surface area (TPSA) is 38.7 Å². The predicted molar refractivity (Wildman–Crippen MR) is 59.4 cm³/mol. The van der Waals surface area contributed by atoms with Crippen molar-refractivity contribution in [3.05, 3.63) is 29.8 Å². The van der Waals surface area contributed by atoms with E-state index in [2.05, 4.69) is 0 Å². The van der Waals surface area contributed by atoms with Crippen molar-refractivity contribution in [1.29, 1.82) is 0 Å². The Balaban J connectivity index is 1.82. The Morgan fingerprint density at radius 2 is 2.25 bits per heavy atom. The number of hydrogen-bond acceptors (Lipinski definition) is 3. The van der Waals surface area contributed by atoms with E-state index in [0.717, 1.165) is 24.2 Å². The molecule has 1 heterocycles. The smallest absolute Gasteiger partial charge is 0.120 e. The maximum atomic E-state index is 10.4. The zero-order valence-electron chi connectivity index (χ0n) is 9.19. The molecule has 1 aromatic carbocycles. The molecule has 16 heavy (non-hydrogen) atoms. The van der Waals surface area contributed by atoms with Crippen LogP contribution >= 0.6 is 0 Å². The fraction of sp³-hybridized carbons (Fsp3) is 0.538. The highest BCUT2D eigenvalue weighted by Gasteiger charge is 2.34. The Labute approximate surface area is 95.0 Å². The van der Waals surface area contributed by atoms with Gasteiger partial charge < -0.3 is 14.6 Å². The first kappa shape index (κ1) is 10.1. The maximum Gasteiger partial charge on any atom is 0.120 e. The van der Waals surface area contributed by atoms with Crippen LogP contribution in [0.25, 0.3) is 0 Å². The summed E-state index contributed by atoms with van der Waals surface area (Å²) < 4.78 is 11.0. The van der Waals surface area contributed by atoms with Crippen LogP contribution in [0.1, 0.15) is 24.8 Å². The second-order valence-corrected chi connectivity index (χ2v) is 4.68. The molecular formula is C13H16O3. The number of hydrogen-bond donors (Lipinski definition) is 1. The molecule has 1 aliphatic heterocycles. The van der Waals surface area contributed by atoms with Gasteiger partial charge in [0.15, 0.2) is 0 Å². The summed E-state index contributed by atoms with van der Waals surface area (Å²) in [6.45, 7) is 1.02. The Morgan fingerprint density at radius 1 is 1.38 bits per heavy atom. The van der Waals surface area contributed by atoms with E-state index in [1.54, 1.807) is 0 Å². The molecule has 2 fully saturated rings. The molecule has 3 heteroatoms. The lowest BCUT2D eigenvalue weighted by Crippen LogP contribution is -2.25. The average molecular weight is 220 g/mol. The second kappa shape index (κ2) is 3.75. The zero-order chi connectivity index (χ0) is 11.0. The van der Waals surface area contributed by atoms with E-state index in [4.69, 9.17) is 9.47 Å². The van der Waals surface area contributed by atoms with Crippen LogP contribution in [-0.2, 0) is 10.3 Å². The molecule has 1 unspecified atom stereocenters. The summed E-state index contributed by atoms with van der Waals surface area (Å²) in [7, 11) is 0. The van der Waals surface area contributed by atoms with Gasteiger partial charge in [-0.15, -0.1) is 0 Å². The minimum Gasteiger partial charge on any atom is -0.490 e. The van der Waals surface area contributed by atoms with Gasteiger partial charge in [-0.05, 0) is 30.5 Å². The van der Waals surface area contributed by atoms with Gasteiger partial charge in [0.1, 0.15) is 11.4 Å². The molecule has 86 valence electrons. The van der Waals surface area contributed by atoms with Crippen LogP contribution in [0.4, 0.5) is 0 Å². The van der Waals surface area contributed by atoms with Crippen molar-refractivity contribution in [2.75, 3.05) is 13.2 Å². The SMILES string of the molecule is OC1(c2cccc(OC3CC3)c2)CCOC1. The highest BCUT2D eigenvalue weighted by atomic mass is 16.5. The van der Waals surface area contributed by atoms with Crippen molar-refractivity contribution in [3.8, 4) is 5.75 Å². The first-order chi connectivity index (χ1) is 7.76. The summed E-state index contributed by atoms with van der Waals surface area (Å²) >= 11 is 0. The summed E-state index contributed by atoms with van der Waals surface area (Å²) in [5.41, 5.74) is 0.0891. The van der Waals surface area contributed by atoms with Crippen molar-refractivity contribution in [2.24, 2.45) is 0 Å². The van der Waals surface area contributed by atoms with Gasteiger partial charge in [0.2, 0.25) is 0 Å². The Kier molecular flexibility index (Phi) is 2.37. The van der Waals surface area contributed by atoms with Crippen LogP contribution in [0.5, 0.6) is 5.75 Å². The standard InChI is InChI=1S/C13H16O3/c14-13(6-7-15-9-13)10-2-1-3-12(8-10)16-11-4-5-11/h1-3,8,11,14H,4-7,9H2. The van der Waals surface area contributed by atoms with E-state index in [0.29, 0.717) is 25.7 Å². The van der Waals surface area contributed by atoms with Crippen LogP contribution in [0.3, 0.4) is 0 Å². The largest absolute Gasteiger partial charge is 0.490 e. The summed E-state index contributed by atoms with van der Waals surface area (Å²) in [4.78, 5) is 0. The molecular weight excluding hydrogens is 204 g/mol. The molecule has 1 saturated carbocycles. The highest BCUT2D eigenvalue weighted by Crippen LogP contribution is 2.33. The molecule has 0 aromatic heterocycles. The van der Waals surface area contributed by atoms with Crippen molar-refractivity contribution in [1.82, 2.24) is 0 Å². The van der Waals surface area contributed by atoms with Crippen molar-refractivity contribution < 1.29 is 14.6 Å². The molecule has 1 aliphatic carbocycles. The van der Waals surface area contributed by atoms with Crippen LogP contribution in [0, 0.1) is 0 Å². The zero-order valence-corrected chi connectivity index (χ0v) is 9.19. The van der Waals surface area contributed by atoms with Crippen LogP contribution in [0.15, 0.2) is 24.3 Å². The second-order valence-electron chi connectivity index (χ2n) is 4.68. The first-order valence-electron chi connectivity index (χ1n) is 5.84. The van der Waals surface area contributed by atoms with Gasteiger partial charge in [-0.3, -0.25) is 0 Å². The third kappa shape index (κ3) is 1.93. The lowest BCUT2D eigenvalue weighted by atomic mass is 9.93. The minimum absolute atomic E-state index is 0.389. The third-order valence-electron chi connectivity index (χ3n) is 3.20. The third-order valence-corrected chi connectivity index (χ3v) is 3.20. The number of ether oxygens (including phenoxy) is 2. The van der Waals surface area contributed by atoms with E-state index < -0.39 is 5.60 Å². The molecule has 3 nitrogen and oxygen atoms in total. The van der Waals surface area contributed by atoms with Gasteiger partial charge in [-0.1, -0.05) is 12.1 Å². The van der Waals surface area contributed by atoms with Gasteiger partial charge >= 0.3 is 0 Å². The lowest BCUT2D eigenvalue weighted by Gasteiger charge is -2.21. The van der Waals surface area contributed by atoms with Gasteiger partial charge in [0.05, 0.1) is 12.7 Å². The maximum absolute atomic E-state index is 10.4. The van der Waals surface area contributed by atoms with Gasteiger partial charge in [-0.2, -0.15) is 0 Å². The Morgan fingerprint density at radius 3 is 2.94 bits per heavy atom. The molecule has 0 bridgehead atoms. The number of aliphatic hydroxyl groups is 1. The van der Waals surface area contributed by atoms with Crippen LogP contribution in [-0.4, -0.2) is 24.4 Å². The van der Waals surface area contributed by atoms with Crippen LogP contribution < -0.4 is 4.74 Å². The van der Waals surface area contributed by atoms with E-state index in [1.807, 2.05) is 24.3 Å². The summed E-state index contributed by atoms with van der Waals surface area (Å²) in [6, 6.07) is 7.76. The molecule has 1 saturated heterocycles. The molecule has 1 N–H and O–H groups in total. The van der Waals surface area contributed by atoms with Gasteiger partial charge in [-0.25, -0.2) is 0 Å². The summed E-state index contributed by atoms with van der Waals surface area (Å²) in [6.07, 6.45) is 3.36. The summed E-state index contributed by atoms with van der Waals surface area (Å²) in [5, 5.41) is 10.4. The lowest BCUT2D eigenvalue weighted by molar-refractivity contribution is 0.0230. The highest BCUT2D eigenvalue weighted by molar-refractivity contribution is 5.33. The van der Waals surface area contributed by atoms with Gasteiger partial charge in [0, 0.05) is 13.0 Å². The first-order valence-corrected chi connectivity index (χ1v) is 5.84. The fourth-order valence-corrected chi connectivity index (χ4v) is 2.02. The summed E-state index contributed by atoms with van der Waals surface area (Å²) in [5.74, 6) is 0.861. The van der Waals surface area contributed by atoms with Gasteiger partial charge in [0.25, 0.3) is 0 Å². The van der Waals surface area contributed by atoms with E-state index >= 15 is 0 Å². The van der Waals surface area contributed by atoms with Crippen molar-refractivity contribution >= 4 is 0 Å². The molecule has 1 atom stereocenters. The Bertz CT molecular complexity index is 379. The monoisotopic (exact) mass is 220 g/mol. The minimum atomic E-state index is -0.817. The fourth-order valence-electron chi connectivity index (χ4n) is 2.02. The normalized spacial score (nSPS) is 29.3. The predicted octanol–water partition coefficient (Wildman–Crippen LogP) is 1.84. The average Bonchev–Trinajstić information content (AvgIpc) is 2.99. The van der Waals surface area contributed by atoms with E-state index in [-0.39, 0.29) is 0 Å². The van der Waals surface area contributed by atoms with E-state index in [1.165, 1.54) is 0 Å². The molecule has 3 rings (SSSR count). The number of benzene rings is 1. The molecule has 0 amide bonds. The number of rotatable bonds is 3. The Hall–Kier alpha value is -1.06. The molecule has 0 spiro atoms. The molecule has 2 aliphatic rings. The van der Waals surface area contributed by atoms with E-state index in [9.17, 15) is 5.11 Å².